The molecule has 1 aromatic carbocycles. The molecule has 0 bridgehead atoms. The van der Waals surface area contributed by atoms with Crippen LogP contribution in [0.15, 0.2) is 24.3 Å². The third kappa shape index (κ3) is 6.28. The van der Waals surface area contributed by atoms with E-state index in [9.17, 15) is 0 Å². The van der Waals surface area contributed by atoms with Crippen molar-refractivity contribution in [1.82, 2.24) is 0 Å². The minimum atomic E-state index is -2.49. The summed E-state index contributed by atoms with van der Waals surface area (Å²) in [6.45, 7) is 8.48. The van der Waals surface area contributed by atoms with Crippen LogP contribution in [0, 0.1) is 0 Å². The molecule has 0 fully saturated rings. The van der Waals surface area contributed by atoms with E-state index in [-0.39, 0.29) is 0 Å². The maximum absolute atomic E-state index is 5.86. The normalized spacial score (nSPS) is 11.8. The molecule has 0 heterocycles. The second kappa shape index (κ2) is 10.1. The van der Waals surface area contributed by atoms with E-state index in [4.69, 9.17) is 19.0 Å². The molecule has 0 spiro atoms. The molecule has 0 saturated carbocycles. The van der Waals surface area contributed by atoms with Crippen molar-refractivity contribution in [1.29, 1.82) is 0 Å². The Kier molecular flexibility index (Phi) is 8.80. The zero-order valence-electron chi connectivity index (χ0n) is 13.6. The lowest BCUT2D eigenvalue weighted by atomic mass is 10.1. The predicted molar refractivity (Wildman–Crippen MR) is 88.1 cm³/mol. The summed E-state index contributed by atoms with van der Waals surface area (Å²) in [7, 11) is -2.49. The van der Waals surface area contributed by atoms with E-state index in [0.29, 0.717) is 26.4 Å². The van der Waals surface area contributed by atoms with Gasteiger partial charge < -0.3 is 19.0 Å². The van der Waals surface area contributed by atoms with Crippen LogP contribution in [0.4, 0.5) is 0 Å². The van der Waals surface area contributed by atoms with Crippen molar-refractivity contribution in [3.63, 3.8) is 0 Å². The molecule has 0 amide bonds. The highest BCUT2D eigenvalue weighted by molar-refractivity contribution is 6.60. The SMILES string of the molecule is CCO[Si](CCCc1ccc(CN)cc1)(OCC)OCC. The Morgan fingerprint density at radius 2 is 1.33 bits per heavy atom. The summed E-state index contributed by atoms with van der Waals surface area (Å²) < 4.78 is 17.6. The molecule has 120 valence electrons. The zero-order chi connectivity index (χ0) is 15.6. The Morgan fingerprint density at radius 3 is 1.76 bits per heavy atom. The van der Waals surface area contributed by atoms with Gasteiger partial charge in [0.05, 0.1) is 0 Å². The van der Waals surface area contributed by atoms with Gasteiger partial charge in [-0.1, -0.05) is 24.3 Å². The van der Waals surface area contributed by atoms with Crippen LogP contribution in [0.25, 0.3) is 0 Å². The van der Waals surface area contributed by atoms with Gasteiger partial charge in [-0.05, 0) is 44.7 Å². The fourth-order valence-electron chi connectivity index (χ4n) is 2.35. The summed E-state index contributed by atoms with van der Waals surface area (Å²) in [5.41, 5.74) is 8.10. The standard InChI is InChI=1S/C16H29NO3Si/c1-4-18-21(19-5-2,20-6-3)13-7-8-15-9-11-16(14-17)12-10-15/h9-12H,4-8,13-14,17H2,1-3H3. The zero-order valence-corrected chi connectivity index (χ0v) is 14.6. The third-order valence-corrected chi connectivity index (χ3v) is 6.45. The molecule has 0 aliphatic carbocycles. The molecular formula is C16H29NO3Si. The molecule has 0 radical (unpaired) electrons. The maximum Gasteiger partial charge on any atom is 0.500 e. The van der Waals surface area contributed by atoms with Crippen LogP contribution in [-0.2, 0) is 26.2 Å². The minimum Gasteiger partial charge on any atom is -0.374 e. The summed E-state index contributed by atoms with van der Waals surface area (Å²) >= 11 is 0. The van der Waals surface area contributed by atoms with Crippen molar-refractivity contribution in [2.24, 2.45) is 5.73 Å². The van der Waals surface area contributed by atoms with Crippen molar-refractivity contribution in [2.45, 2.75) is 46.2 Å². The number of benzene rings is 1. The van der Waals surface area contributed by atoms with Gasteiger partial charge in [0, 0.05) is 32.4 Å². The van der Waals surface area contributed by atoms with E-state index in [1.54, 1.807) is 0 Å². The highest BCUT2D eigenvalue weighted by Gasteiger charge is 2.39. The van der Waals surface area contributed by atoms with Crippen molar-refractivity contribution in [3.05, 3.63) is 35.4 Å². The second-order valence-corrected chi connectivity index (χ2v) is 7.59. The molecule has 0 aliphatic rings. The number of rotatable bonds is 11. The number of hydrogen-bond acceptors (Lipinski definition) is 4. The number of nitrogens with two attached hydrogens (primary N) is 1. The number of hydrogen-bond donors (Lipinski definition) is 1. The molecule has 1 rings (SSSR count). The molecule has 0 aromatic heterocycles. The summed E-state index contributed by atoms with van der Waals surface area (Å²) in [6, 6.07) is 9.34. The van der Waals surface area contributed by atoms with E-state index in [2.05, 4.69) is 24.3 Å². The van der Waals surface area contributed by atoms with E-state index in [1.807, 2.05) is 20.8 Å². The predicted octanol–water partition coefficient (Wildman–Crippen LogP) is 3.13. The Morgan fingerprint density at radius 1 is 0.857 bits per heavy atom. The lowest BCUT2D eigenvalue weighted by Crippen LogP contribution is -2.46. The largest absolute Gasteiger partial charge is 0.500 e. The molecule has 0 aliphatic heterocycles. The van der Waals surface area contributed by atoms with Gasteiger partial charge in [-0.2, -0.15) is 0 Å². The molecule has 4 nitrogen and oxygen atoms in total. The van der Waals surface area contributed by atoms with Gasteiger partial charge in [0.25, 0.3) is 0 Å². The third-order valence-electron chi connectivity index (χ3n) is 3.30. The summed E-state index contributed by atoms with van der Waals surface area (Å²) in [6.07, 6.45) is 2.01. The second-order valence-electron chi connectivity index (χ2n) is 4.86. The molecule has 0 unspecified atom stereocenters. The summed E-state index contributed by atoms with van der Waals surface area (Å²) in [4.78, 5) is 0. The van der Waals surface area contributed by atoms with Gasteiger partial charge in [-0.15, -0.1) is 0 Å². The maximum atomic E-state index is 5.86. The highest BCUT2D eigenvalue weighted by Crippen LogP contribution is 2.20. The van der Waals surface area contributed by atoms with Gasteiger partial charge in [0.1, 0.15) is 0 Å². The van der Waals surface area contributed by atoms with E-state index in [0.717, 1.165) is 18.9 Å². The first kappa shape index (κ1) is 18.3. The molecule has 5 heteroatoms. The molecule has 0 atom stereocenters. The van der Waals surface area contributed by atoms with Gasteiger partial charge in [0.15, 0.2) is 0 Å². The first-order valence-electron chi connectivity index (χ1n) is 7.89. The minimum absolute atomic E-state index is 0.593. The average molecular weight is 311 g/mol. The Hall–Kier alpha value is -0.723. The van der Waals surface area contributed by atoms with Crippen LogP contribution in [0.2, 0.25) is 6.04 Å². The van der Waals surface area contributed by atoms with Gasteiger partial charge >= 0.3 is 8.80 Å². The van der Waals surface area contributed by atoms with E-state index in [1.165, 1.54) is 11.1 Å². The van der Waals surface area contributed by atoms with Crippen LogP contribution < -0.4 is 5.73 Å². The van der Waals surface area contributed by atoms with Gasteiger partial charge in [-0.3, -0.25) is 0 Å². The lowest BCUT2D eigenvalue weighted by molar-refractivity contribution is 0.0708. The van der Waals surface area contributed by atoms with Crippen LogP contribution in [-0.4, -0.2) is 28.6 Å². The first-order valence-corrected chi connectivity index (χ1v) is 9.82. The average Bonchev–Trinajstić information content (AvgIpc) is 2.49. The Bertz CT molecular complexity index is 367. The van der Waals surface area contributed by atoms with E-state index >= 15 is 0 Å². The molecule has 21 heavy (non-hydrogen) atoms. The Labute approximate surface area is 130 Å². The Balaban J connectivity index is 2.54. The van der Waals surface area contributed by atoms with Crippen LogP contribution in [0.1, 0.15) is 38.3 Å². The monoisotopic (exact) mass is 311 g/mol. The van der Waals surface area contributed by atoms with Crippen molar-refractivity contribution >= 4 is 8.80 Å². The van der Waals surface area contributed by atoms with Crippen LogP contribution >= 0.6 is 0 Å². The molecule has 2 N–H and O–H groups in total. The van der Waals surface area contributed by atoms with Gasteiger partial charge in [-0.25, -0.2) is 0 Å². The quantitative estimate of drug-likeness (QED) is 0.638. The van der Waals surface area contributed by atoms with Gasteiger partial charge in [0.2, 0.25) is 0 Å². The summed E-state index contributed by atoms with van der Waals surface area (Å²) in [5, 5.41) is 0. The first-order chi connectivity index (χ1) is 10.2. The van der Waals surface area contributed by atoms with Crippen molar-refractivity contribution < 1.29 is 13.3 Å². The fourth-order valence-corrected chi connectivity index (χ4v) is 4.96. The lowest BCUT2D eigenvalue weighted by Gasteiger charge is -2.28. The van der Waals surface area contributed by atoms with Crippen molar-refractivity contribution in [2.75, 3.05) is 19.8 Å². The molecule has 1 aromatic rings. The smallest absolute Gasteiger partial charge is 0.374 e. The van der Waals surface area contributed by atoms with Crippen LogP contribution in [0.5, 0.6) is 0 Å². The number of aryl methyl sites for hydroxylation is 1. The topological polar surface area (TPSA) is 53.7 Å². The fraction of sp³-hybridized carbons (Fsp3) is 0.625. The highest BCUT2D eigenvalue weighted by atomic mass is 28.4. The summed E-state index contributed by atoms with van der Waals surface area (Å²) in [5.74, 6) is 0. The van der Waals surface area contributed by atoms with Crippen molar-refractivity contribution in [3.8, 4) is 0 Å². The van der Waals surface area contributed by atoms with Crippen LogP contribution in [0.3, 0.4) is 0 Å². The van der Waals surface area contributed by atoms with E-state index < -0.39 is 8.80 Å². The molecular weight excluding hydrogens is 282 g/mol. The molecule has 0 saturated heterocycles.